The Bertz CT molecular complexity index is 758. The fraction of sp³-hybridized carbons (Fsp3) is 0.154. The first kappa shape index (κ1) is 11.9. The maximum absolute atomic E-state index is 6.22. The first-order valence-corrected chi connectivity index (χ1v) is 6.19. The summed E-state index contributed by atoms with van der Waals surface area (Å²) in [5, 5.41) is 8.81. The number of rotatable bonds is 1. The molecule has 5 nitrogen and oxygen atoms in total. The second-order valence-corrected chi connectivity index (χ2v) is 4.81. The topological polar surface area (TPSA) is 69.1 Å². The molecule has 0 aliphatic rings. The number of nitrogen functional groups attached to an aromatic ring is 1. The van der Waals surface area contributed by atoms with Gasteiger partial charge in [-0.3, -0.25) is 4.40 Å². The van der Waals surface area contributed by atoms with Gasteiger partial charge in [-0.1, -0.05) is 17.7 Å². The Hall–Kier alpha value is -2.14. The van der Waals surface area contributed by atoms with E-state index in [2.05, 4.69) is 15.2 Å². The molecule has 2 N–H and O–H groups in total. The predicted octanol–water partition coefficient (Wildman–Crippen LogP) is 2.64. The van der Waals surface area contributed by atoms with E-state index in [-0.39, 0.29) is 0 Å². The number of hydrogen-bond acceptors (Lipinski definition) is 4. The van der Waals surface area contributed by atoms with Crippen LogP contribution in [0.5, 0.6) is 0 Å². The van der Waals surface area contributed by atoms with Gasteiger partial charge in [0.25, 0.3) is 5.78 Å². The molecule has 0 fully saturated rings. The van der Waals surface area contributed by atoms with Crippen LogP contribution < -0.4 is 5.73 Å². The number of fused-ring (bicyclic) bond motifs is 1. The molecule has 1 aromatic carbocycles. The molecule has 0 spiro atoms. The van der Waals surface area contributed by atoms with Crippen LogP contribution in [0.25, 0.3) is 17.2 Å². The predicted molar refractivity (Wildman–Crippen MR) is 75.1 cm³/mol. The van der Waals surface area contributed by atoms with Crippen LogP contribution in [-0.2, 0) is 0 Å². The van der Waals surface area contributed by atoms with E-state index in [1.807, 2.05) is 24.3 Å². The van der Waals surface area contributed by atoms with E-state index in [1.54, 1.807) is 18.2 Å². The molecule has 0 aliphatic heterocycles. The molecule has 6 heteroatoms. The van der Waals surface area contributed by atoms with Gasteiger partial charge in [-0.2, -0.15) is 0 Å². The summed E-state index contributed by atoms with van der Waals surface area (Å²) >= 11 is 6.22. The number of anilines is 1. The molecule has 0 amide bonds. The van der Waals surface area contributed by atoms with Crippen molar-refractivity contribution in [3.05, 3.63) is 40.7 Å². The number of nitrogens with zero attached hydrogens (tertiary/aromatic N) is 4. The fourth-order valence-electron chi connectivity index (χ4n) is 2.17. The van der Waals surface area contributed by atoms with Crippen molar-refractivity contribution < 1.29 is 0 Å². The summed E-state index contributed by atoms with van der Waals surface area (Å²) in [6, 6.07) is 7.34. The third-order valence-corrected chi connectivity index (χ3v) is 3.28. The van der Waals surface area contributed by atoms with Gasteiger partial charge in [0.2, 0.25) is 0 Å². The largest absolute Gasteiger partial charge is 0.398 e. The zero-order chi connectivity index (χ0) is 13.6. The average Bonchev–Trinajstić information content (AvgIpc) is 2.72. The number of aryl methyl sites for hydroxylation is 2. The summed E-state index contributed by atoms with van der Waals surface area (Å²) < 4.78 is 1.85. The highest BCUT2D eigenvalue weighted by Gasteiger charge is 2.16. The van der Waals surface area contributed by atoms with Gasteiger partial charge in [-0.25, -0.2) is 4.98 Å². The molecule has 0 radical (unpaired) electrons. The maximum Gasteiger partial charge on any atom is 0.255 e. The van der Waals surface area contributed by atoms with E-state index >= 15 is 0 Å². The number of benzene rings is 1. The van der Waals surface area contributed by atoms with Crippen molar-refractivity contribution in [2.45, 2.75) is 13.8 Å². The summed E-state index contributed by atoms with van der Waals surface area (Å²) in [6.45, 7) is 3.90. The summed E-state index contributed by atoms with van der Waals surface area (Å²) in [7, 11) is 0. The van der Waals surface area contributed by atoms with Gasteiger partial charge in [-0.05, 0) is 32.0 Å². The molecule has 0 aliphatic carbocycles. The summed E-state index contributed by atoms with van der Waals surface area (Å²) in [5.74, 6) is 1.16. The molecule has 2 aromatic heterocycles. The fourth-order valence-corrected chi connectivity index (χ4v) is 2.44. The highest BCUT2D eigenvalue weighted by Crippen LogP contribution is 2.32. The standard InChI is InChI=1S/C13H12ClN5/c1-7-6-8(2)19-12(17-18-13(19)16-7)11-9(14)4-3-5-10(11)15/h3-6H,15H2,1-2H3. The van der Waals surface area contributed by atoms with E-state index in [0.29, 0.717) is 27.9 Å². The van der Waals surface area contributed by atoms with Crippen LogP contribution in [0.2, 0.25) is 5.02 Å². The third-order valence-electron chi connectivity index (χ3n) is 2.96. The zero-order valence-corrected chi connectivity index (χ0v) is 11.3. The van der Waals surface area contributed by atoms with Gasteiger partial charge >= 0.3 is 0 Å². The van der Waals surface area contributed by atoms with Crippen LogP contribution in [0.3, 0.4) is 0 Å². The molecule has 0 bridgehead atoms. The van der Waals surface area contributed by atoms with Gasteiger partial charge in [0, 0.05) is 17.1 Å². The number of halogens is 1. The highest BCUT2D eigenvalue weighted by molar-refractivity contribution is 6.33. The Kier molecular flexibility index (Phi) is 2.64. The van der Waals surface area contributed by atoms with Crippen molar-refractivity contribution in [1.82, 2.24) is 19.6 Å². The first-order valence-electron chi connectivity index (χ1n) is 5.81. The van der Waals surface area contributed by atoms with Crippen LogP contribution in [0, 0.1) is 13.8 Å². The van der Waals surface area contributed by atoms with E-state index in [4.69, 9.17) is 17.3 Å². The van der Waals surface area contributed by atoms with Crippen molar-refractivity contribution in [1.29, 1.82) is 0 Å². The lowest BCUT2D eigenvalue weighted by atomic mass is 10.1. The first-order chi connectivity index (χ1) is 9.08. The minimum Gasteiger partial charge on any atom is -0.398 e. The number of aromatic nitrogens is 4. The smallest absolute Gasteiger partial charge is 0.255 e. The number of hydrogen-bond donors (Lipinski definition) is 1. The highest BCUT2D eigenvalue weighted by atomic mass is 35.5. The van der Waals surface area contributed by atoms with E-state index in [1.165, 1.54) is 0 Å². The van der Waals surface area contributed by atoms with E-state index in [9.17, 15) is 0 Å². The Labute approximate surface area is 115 Å². The molecule has 0 saturated carbocycles. The molecule has 2 heterocycles. The normalized spacial score (nSPS) is 11.1. The lowest BCUT2D eigenvalue weighted by Crippen LogP contribution is -2.00. The molecule has 0 saturated heterocycles. The van der Waals surface area contributed by atoms with Gasteiger partial charge in [0.15, 0.2) is 5.82 Å². The minimum atomic E-state index is 0.548. The summed E-state index contributed by atoms with van der Waals surface area (Å²) in [6.07, 6.45) is 0. The maximum atomic E-state index is 6.22. The molecular formula is C13H12ClN5. The monoisotopic (exact) mass is 273 g/mol. The van der Waals surface area contributed by atoms with Crippen molar-refractivity contribution in [2.75, 3.05) is 5.73 Å². The Morgan fingerprint density at radius 1 is 1.21 bits per heavy atom. The van der Waals surface area contributed by atoms with Crippen molar-refractivity contribution in [3.63, 3.8) is 0 Å². The van der Waals surface area contributed by atoms with Crippen LogP contribution in [0.4, 0.5) is 5.69 Å². The Morgan fingerprint density at radius 3 is 2.74 bits per heavy atom. The molecule has 0 unspecified atom stereocenters. The lowest BCUT2D eigenvalue weighted by molar-refractivity contribution is 1.02. The average molecular weight is 274 g/mol. The summed E-state index contributed by atoms with van der Waals surface area (Å²) in [5.41, 5.74) is 9.14. The summed E-state index contributed by atoms with van der Waals surface area (Å²) in [4.78, 5) is 4.35. The van der Waals surface area contributed by atoms with Crippen LogP contribution in [0.1, 0.15) is 11.4 Å². The molecule has 3 rings (SSSR count). The van der Waals surface area contributed by atoms with Crippen molar-refractivity contribution >= 4 is 23.1 Å². The second-order valence-electron chi connectivity index (χ2n) is 4.40. The van der Waals surface area contributed by atoms with Gasteiger partial charge < -0.3 is 5.73 Å². The van der Waals surface area contributed by atoms with Gasteiger partial charge in [0.1, 0.15) is 0 Å². The molecular weight excluding hydrogens is 262 g/mol. The molecule has 96 valence electrons. The Balaban J connectivity index is 2.38. The van der Waals surface area contributed by atoms with E-state index < -0.39 is 0 Å². The third kappa shape index (κ3) is 1.82. The zero-order valence-electron chi connectivity index (χ0n) is 10.6. The van der Waals surface area contributed by atoms with Gasteiger partial charge in [-0.15, -0.1) is 10.2 Å². The quantitative estimate of drug-likeness (QED) is 0.692. The second kappa shape index (κ2) is 4.20. The van der Waals surface area contributed by atoms with Crippen molar-refractivity contribution in [2.24, 2.45) is 0 Å². The molecule has 3 aromatic rings. The molecule has 0 atom stereocenters. The lowest BCUT2D eigenvalue weighted by Gasteiger charge is -2.08. The molecule has 19 heavy (non-hydrogen) atoms. The number of nitrogens with two attached hydrogens (primary N) is 1. The Morgan fingerprint density at radius 2 is 2.00 bits per heavy atom. The van der Waals surface area contributed by atoms with E-state index in [0.717, 1.165) is 11.4 Å². The van der Waals surface area contributed by atoms with Crippen LogP contribution >= 0.6 is 11.6 Å². The van der Waals surface area contributed by atoms with Gasteiger partial charge in [0.05, 0.1) is 10.6 Å². The SMILES string of the molecule is Cc1cc(C)n2c(-c3c(N)cccc3Cl)nnc2n1. The van der Waals surface area contributed by atoms with Crippen molar-refractivity contribution in [3.8, 4) is 11.4 Å². The van der Waals surface area contributed by atoms with Crippen LogP contribution in [-0.4, -0.2) is 19.6 Å². The van der Waals surface area contributed by atoms with Crippen LogP contribution in [0.15, 0.2) is 24.3 Å². The minimum absolute atomic E-state index is 0.548.